The first-order valence-electron chi connectivity index (χ1n) is 11.0. The molecular weight excluding hydrogens is 432 g/mol. The molecule has 33 heavy (non-hydrogen) atoms. The van der Waals surface area contributed by atoms with Crippen molar-refractivity contribution in [2.24, 2.45) is 0 Å². The maximum absolute atomic E-state index is 12.7. The van der Waals surface area contributed by atoms with Crippen LogP contribution in [0.5, 0.6) is 0 Å². The van der Waals surface area contributed by atoms with Crippen LogP contribution in [0, 0.1) is 6.92 Å². The lowest BCUT2D eigenvalue weighted by atomic mass is 10.0. The smallest absolute Gasteiger partial charge is 0.259 e. The van der Waals surface area contributed by atoms with E-state index < -0.39 is 0 Å². The molecule has 168 valence electrons. The number of ether oxygens (including phenoxy) is 1. The van der Waals surface area contributed by atoms with Gasteiger partial charge in [-0.3, -0.25) is 4.79 Å². The summed E-state index contributed by atoms with van der Waals surface area (Å²) in [6.45, 7) is 5.41. The molecule has 0 radical (unpaired) electrons. The second-order valence-corrected chi connectivity index (χ2v) is 8.88. The summed E-state index contributed by atoms with van der Waals surface area (Å²) >= 11 is 1.72. The molecule has 0 amide bonds. The lowest BCUT2D eigenvalue weighted by Gasteiger charge is -2.28. The average Bonchev–Trinajstić information content (AvgIpc) is 2.85. The summed E-state index contributed by atoms with van der Waals surface area (Å²) in [5, 5.41) is 4.80. The fraction of sp³-hybridized carbons (Fsp3) is 0.231. The van der Waals surface area contributed by atoms with Gasteiger partial charge in [0.25, 0.3) is 5.56 Å². The highest BCUT2D eigenvalue weighted by Crippen LogP contribution is 2.33. The van der Waals surface area contributed by atoms with Gasteiger partial charge in [-0.2, -0.15) is 0 Å². The molecular formula is C26H26N4O2S. The monoisotopic (exact) mass is 458 g/mol. The van der Waals surface area contributed by atoms with Crippen LogP contribution < -0.4 is 15.8 Å². The van der Waals surface area contributed by atoms with Crippen molar-refractivity contribution in [2.45, 2.75) is 11.8 Å². The lowest BCUT2D eigenvalue weighted by Crippen LogP contribution is -2.36. The highest BCUT2D eigenvalue weighted by molar-refractivity contribution is 7.98. The van der Waals surface area contributed by atoms with Gasteiger partial charge in [0.05, 0.1) is 24.3 Å². The number of aromatic amines is 1. The van der Waals surface area contributed by atoms with Crippen LogP contribution in [0.25, 0.3) is 22.0 Å². The summed E-state index contributed by atoms with van der Waals surface area (Å²) in [5.41, 5.74) is 4.98. The minimum Gasteiger partial charge on any atom is -0.378 e. The van der Waals surface area contributed by atoms with Crippen LogP contribution >= 0.6 is 11.8 Å². The third-order valence-electron chi connectivity index (χ3n) is 6.04. The van der Waals surface area contributed by atoms with Crippen molar-refractivity contribution in [3.8, 4) is 11.3 Å². The number of rotatable bonds is 5. The third-order valence-corrected chi connectivity index (χ3v) is 6.92. The minimum absolute atomic E-state index is 0.159. The average molecular weight is 459 g/mol. The van der Waals surface area contributed by atoms with Crippen molar-refractivity contribution in [1.29, 1.82) is 0 Å². The molecule has 4 aromatic rings. The number of hydrogen-bond donors (Lipinski definition) is 2. The van der Waals surface area contributed by atoms with Gasteiger partial charge in [-0.25, -0.2) is 4.98 Å². The van der Waals surface area contributed by atoms with E-state index in [1.165, 1.54) is 10.5 Å². The van der Waals surface area contributed by atoms with E-state index in [1.807, 2.05) is 24.3 Å². The molecule has 1 aliphatic heterocycles. The number of pyridine rings is 2. The molecule has 0 unspecified atom stereocenters. The first kappa shape index (κ1) is 21.6. The van der Waals surface area contributed by atoms with Crippen LogP contribution in [0.2, 0.25) is 0 Å². The zero-order valence-electron chi connectivity index (χ0n) is 18.7. The van der Waals surface area contributed by atoms with Gasteiger partial charge >= 0.3 is 0 Å². The number of benzene rings is 2. The second kappa shape index (κ2) is 9.29. The number of nitrogens with zero attached hydrogens (tertiary/aromatic N) is 2. The summed E-state index contributed by atoms with van der Waals surface area (Å²) < 4.78 is 5.45. The molecule has 0 atom stereocenters. The van der Waals surface area contributed by atoms with E-state index in [9.17, 15) is 4.79 Å². The summed E-state index contributed by atoms with van der Waals surface area (Å²) in [4.78, 5) is 23.9. The van der Waals surface area contributed by atoms with Gasteiger partial charge in [0.2, 0.25) is 0 Å². The Hall–Kier alpha value is -3.29. The Morgan fingerprint density at radius 1 is 1.09 bits per heavy atom. The molecule has 0 bridgehead atoms. The Morgan fingerprint density at radius 2 is 1.88 bits per heavy atom. The Balaban J connectivity index is 1.55. The van der Waals surface area contributed by atoms with Crippen molar-refractivity contribution >= 4 is 39.7 Å². The van der Waals surface area contributed by atoms with Crippen LogP contribution in [0.3, 0.4) is 0 Å². The fourth-order valence-corrected chi connectivity index (χ4v) is 4.90. The van der Waals surface area contributed by atoms with Crippen LogP contribution in [-0.4, -0.2) is 42.5 Å². The van der Waals surface area contributed by atoms with Crippen molar-refractivity contribution in [2.75, 3.05) is 42.8 Å². The third kappa shape index (κ3) is 4.34. The van der Waals surface area contributed by atoms with Crippen LogP contribution in [0.4, 0.5) is 17.2 Å². The second-order valence-electron chi connectivity index (χ2n) is 8.03. The zero-order valence-corrected chi connectivity index (χ0v) is 19.5. The summed E-state index contributed by atoms with van der Waals surface area (Å²) in [5.74, 6) is 0.553. The van der Waals surface area contributed by atoms with Gasteiger partial charge in [-0.15, -0.1) is 11.8 Å². The van der Waals surface area contributed by atoms with E-state index in [-0.39, 0.29) is 5.56 Å². The van der Waals surface area contributed by atoms with Gasteiger partial charge in [-0.1, -0.05) is 12.1 Å². The SMILES string of the molecule is CSc1cccc(-c2cc3cc[nH]c(=O)c3c(Nc3ccc(N4CCOCC4)cc3)n2)c1C. The van der Waals surface area contributed by atoms with Gasteiger partial charge in [0.1, 0.15) is 5.82 Å². The maximum Gasteiger partial charge on any atom is 0.259 e. The molecule has 1 fully saturated rings. The Bertz CT molecular complexity index is 1350. The Kier molecular flexibility index (Phi) is 6.07. The van der Waals surface area contributed by atoms with E-state index >= 15 is 0 Å². The van der Waals surface area contributed by atoms with Crippen molar-refractivity contribution in [3.05, 3.63) is 76.7 Å². The molecule has 0 saturated carbocycles. The number of morpholine rings is 1. The highest BCUT2D eigenvalue weighted by Gasteiger charge is 2.15. The largest absolute Gasteiger partial charge is 0.378 e. The van der Waals surface area contributed by atoms with Crippen molar-refractivity contribution in [1.82, 2.24) is 9.97 Å². The first-order valence-corrected chi connectivity index (χ1v) is 12.2. The van der Waals surface area contributed by atoms with E-state index in [0.29, 0.717) is 11.2 Å². The van der Waals surface area contributed by atoms with Gasteiger partial charge < -0.3 is 19.9 Å². The summed E-state index contributed by atoms with van der Waals surface area (Å²) in [6.07, 6.45) is 3.76. The summed E-state index contributed by atoms with van der Waals surface area (Å²) in [7, 11) is 0. The predicted octanol–water partition coefficient (Wildman–Crippen LogP) is 5.20. The molecule has 5 rings (SSSR count). The number of anilines is 3. The Morgan fingerprint density at radius 3 is 2.64 bits per heavy atom. The molecule has 1 saturated heterocycles. The molecule has 0 spiro atoms. The highest BCUT2D eigenvalue weighted by atomic mass is 32.2. The normalized spacial score (nSPS) is 13.9. The Labute approximate surface area is 197 Å². The molecule has 2 aromatic carbocycles. The van der Waals surface area contributed by atoms with E-state index in [1.54, 1.807) is 18.0 Å². The van der Waals surface area contributed by atoms with Gasteiger partial charge in [0.15, 0.2) is 0 Å². The lowest BCUT2D eigenvalue weighted by molar-refractivity contribution is 0.122. The van der Waals surface area contributed by atoms with E-state index in [4.69, 9.17) is 9.72 Å². The zero-order chi connectivity index (χ0) is 22.8. The number of fused-ring (bicyclic) bond motifs is 1. The topological polar surface area (TPSA) is 70.2 Å². The van der Waals surface area contributed by atoms with Crippen molar-refractivity contribution < 1.29 is 4.74 Å². The fourth-order valence-electron chi connectivity index (χ4n) is 4.27. The quantitative estimate of drug-likeness (QED) is 0.401. The number of H-pyrrole nitrogens is 1. The van der Waals surface area contributed by atoms with Crippen LogP contribution in [-0.2, 0) is 4.74 Å². The number of hydrogen-bond acceptors (Lipinski definition) is 6. The van der Waals surface area contributed by atoms with Crippen LogP contribution in [0.1, 0.15) is 5.56 Å². The maximum atomic E-state index is 12.7. The summed E-state index contributed by atoms with van der Waals surface area (Å²) in [6, 6.07) is 18.4. The van der Waals surface area contributed by atoms with Crippen molar-refractivity contribution in [3.63, 3.8) is 0 Å². The molecule has 3 heterocycles. The predicted molar refractivity (Wildman–Crippen MR) is 137 cm³/mol. The number of thioether (sulfide) groups is 1. The number of nitrogens with one attached hydrogen (secondary N) is 2. The van der Waals surface area contributed by atoms with Gasteiger partial charge in [-0.05, 0) is 66.6 Å². The minimum atomic E-state index is -0.159. The van der Waals surface area contributed by atoms with Crippen LogP contribution in [0.15, 0.2) is 70.5 Å². The van der Waals surface area contributed by atoms with Gasteiger partial charge in [0, 0.05) is 41.1 Å². The molecule has 6 nitrogen and oxygen atoms in total. The molecule has 7 heteroatoms. The van der Waals surface area contributed by atoms with E-state index in [2.05, 4.69) is 58.7 Å². The molecule has 2 aromatic heterocycles. The van der Waals surface area contributed by atoms with E-state index in [0.717, 1.165) is 54.3 Å². The molecule has 0 aliphatic carbocycles. The molecule has 2 N–H and O–H groups in total. The number of aromatic nitrogens is 2. The first-order chi connectivity index (χ1) is 16.1. The molecule has 1 aliphatic rings. The standard InChI is InChI=1S/C26H26N4O2S/c1-17-21(4-3-5-23(17)33-2)22-16-18-10-11-27-26(31)24(18)25(29-22)28-19-6-8-20(9-7-19)30-12-14-32-15-13-30/h3-11,16H,12-15H2,1-2H3,(H,27,31)(H,28,29).